The lowest BCUT2D eigenvalue weighted by molar-refractivity contribution is -0.122. The minimum atomic E-state index is -0.403. The number of carbonyl (C=O) groups is 1. The molecule has 160 valence electrons. The van der Waals surface area contributed by atoms with E-state index in [2.05, 4.69) is 21.5 Å². The molecule has 3 aromatic rings. The summed E-state index contributed by atoms with van der Waals surface area (Å²) in [7, 11) is 0. The molecular formula is C24H26N4O3. The molecule has 4 heterocycles. The molecule has 31 heavy (non-hydrogen) atoms. The largest absolute Gasteiger partial charge is 0.489 e. The Bertz CT molecular complexity index is 1130. The Labute approximate surface area is 180 Å². The highest BCUT2D eigenvalue weighted by Crippen LogP contribution is 2.47. The summed E-state index contributed by atoms with van der Waals surface area (Å²) in [6.07, 6.45) is 10.2. The van der Waals surface area contributed by atoms with E-state index < -0.39 is 5.41 Å². The average Bonchev–Trinajstić information content (AvgIpc) is 3.35. The smallest absolute Gasteiger partial charge is 0.235 e. The van der Waals surface area contributed by atoms with E-state index in [-0.39, 0.29) is 18.2 Å². The maximum Gasteiger partial charge on any atom is 0.235 e. The van der Waals surface area contributed by atoms with Crippen LogP contribution in [0.1, 0.15) is 56.7 Å². The maximum atomic E-state index is 12.8. The SMILES string of the molecule is O=C1Nc2ccccc2C12CCC(Oc1cnc3c(cnn3C3CCCCO3)c1)CC2. The minimum Gasteiger partial charge on any atom is -0.489 e. The summed E-state index contributed by atoms with van der Waals surface area (Å²) >= 11 is 0. The zero-order valence-corrected chi connectivity index (χ0v) is 17.4. The van der Waals surface area contributed by atoms with Gasteiger partial charge in [-0.2, -0.15) is 5.10 Å². The highest BCUT2D eigenvalue weighted by Gasteiger charge is 2.48. The second kappa shape index (κ2) is 7.34. The molecule has 1 saturated carbocycles. The number of carbonyl (C=O) groups excluding carboxylic acids is 1. The van der Waals surface area contributed by atoms with E-state index in [4.69, 9.17) is 9.47 Å². The Balaban J connectivity index is 1.16. The number of anilines is 1. The highest BCUT2D eigenvalue weighted by molar-refractivity contribution is 6.06. The van der Waals surface area contributed by atoms with Gasteiger partial charge in [0.2, 0.25) is 5.91 Å². The van der Waals surface area contributed by atoms with E-state index in [0.717, 1.165) is 79.6 Å². The zero-order valence-electron chi connectivity index (χ0n) is 17.4. The van der Waals surface area contributed by atoms with Crippen molar-refractivity contribution < 1.29 is 14.3 Å². The van der Waals surface area contributed by atoms with Crippen molar-refractivity contribution in [3.8, 4) is 5.75 Å². The Morgan fingerprint density at radius 1 is 1.13 bits per heavy atom. The Morgan fingerprint density at radius 3 is 2.84 bits per heavy atom. The van der Waals surface area contributed by atoms with Gasteiger partial charge in [-0.1, -0.05) is 18.2 Å². The number of amides is 1. The molecule has 2 aromatic heterocycles. The van der Waals surface area contributed by atoms with Crippen LogP contribution in [0, 0.1) is 0 Å². The van der Waals surface area contributed by atoms with E-state index in [0.29, 0.717) is 0 Å². The van der Waals surface area contributed by atoms with Gasteiger partial charge in [0, 0.05) is 17.7 Å². The first kappa shape index (κ1) is 18.8. The normalized spacial score (nSPS) is 27.9. The van der Waals surface area contributed by atoms with Crippen LogP contribution < -0.4 is 10.1 Å². The lowest BCUT2D eigenvalue weighted by Gasteiger charge is -2.35. The number of benzene rings is 1. The molecular weight excluding hydrogens is 392 g/mol. The molecule has 1 unspecified atom stereocenters. The summed E-state index contributed by atoms with van der Waals surface area (Å²) in [4.78, 5) is 17.4. The third kappa shape index (κ3) is 3.10. The van der Waals surface area contributed by atoms with Crippen LogP contribution in [0.4, 0.5) is 5.69 Å². The van der Waals surface area contributed by atoms with Gasteiger partial charge in [-0.3, -0.25) is 4.79 Å². The van der Waals surface area contributed by atoms with Crippen LogP contribution in [0.2, 0.25) is 0 Å². The van der Waals surface area contributed by atoms with Crippen LogP contribution in [-0.2, 0) is 14.9 Å². The Morgan fingerprint density at radius 2 is 2.00 bits per heavy atom. The summed E-state index contributed by atoms with van der Waals surface area (Å²) in [5.74, 6) is 0.890. The van der Waals surface area contributed by atoms with Crippen LogP contribution in [0.3, 0.4) is 0 Å². The van der Waals surface area contributed by atoms with Gasteiger partial charge in [-0.25, -0.2) is 9.67 Å². The molecule has 0 radical (unpaired) electrons. The number of aromatic nitrogens is 3. The lowest BCUT2D eigenvalue weighted by atomic mass is 9.69. The molecule has 1 N–H and O–H groups in total. The van der Waals surface area contributed by atoms with Gasteiger partial charge >= 0.3 is 0 Å². The van der Waals surface area contributed by atoms with Crippen molar-refractivity contribution in [2.24, 2.45) is 0 Å². The van der Waals surface area contributed by atoms with Crippen molar-refractivity contribution in [3.63, 3.8) is 0 Å². The molecule has 3 aliphatic rings. The molecule has 2 fully saturated rings. The molecule has 6 rings (SSSR count). The molecule has 0 bridgehead atoms. The van der Waals surface area contributed by atoms with Crippen LogP contribution in [0.15, 0.2) is 42.7 Å². The average molecular weight is 418 g/mol. The van der Waals surface area contributed by atoms with E-state index in [1.807, 2.05) is 35.1 Å². The second-order valence-electron chi connectivity index (χ2n) is 8.89. The molecule has 1 amide bonds. The Kier molecular flexibility index (Phi) is 4.45. The van der Waals surface area contributed by atoms with Crippen molar-refractivity contribution in [2.45, 2.75) is 62.7 Å². The van der Waals surface area contributed by atoms with Gasteiger partial charge in [-0.15, -0.1) is 0 Å². The number of hydrogen-bond acceptors (Lipinski definition) is 5. The third-order valence-electron chi connectivity index (χ3n) is 7.05. The van der Waals surface area contributed by atoms with Gasteiger partial charge < -0.3 is 14.8 Å². The minimum absolute atomic E-state index is 0.0273. The number of hydrogen-bond donors (Lipinski definition) is 1. The molecule has 7 heteroatoms. The maximum absolute atomic E-state index is 12.8. The fraction of sp³-hybridized carbons (Fsp3) is 0.458. The monoisotopic (exact) mass is 418 g/mol. The molecule has 7 nitrogen and oxygen atoms in total. The second-order valence-corrected chi connectivity index (χ2v) is 8.89. The number of para-hydroxylation sites is 1. The van der Waals surface area contributed by atoms with Gasteiger partial charge in [0.15, 0.2) is 11.9 Å². The Hall–Kier alpha value is -2.93. The summed E-state index contributed by atoms with van der Waals surface area (Å²) in [6.45, 7) is 0.777. The van der Waals surface area contributed by atoms with Crippen molar-refractivity contribution in [2.75, 3.05) is 11.9 Å². The topological polar surface area (TPSA) is 78.3 Å². The van der Waals surface area contributed by atoms with Crippen LogP contribution in [0.5, 0.6) is 5.75 Å². The van der Waals surface area contributed by atoms with Crippen LogP contribution >= 0.6 is 0 Å². The summed E-state index contributed by atoms with van der Waals surface area (Å²) in [5, 5.41) is 8.54. The molecule has 1 aliphatic carbocycles. The van der Waals surface area contributed by atoms with E-state index in [9.17, 15) is 4.79 Å². The molecule has 1 spiro atoms. The van der Waals surface area contributed by atoms with Crippen molar-refractivity contribution in [1.29, 1.82) is 0 Å². The third-order valence-corrected chi connectivity index (χ3v) is 7.05. The fourth-order valence-corrected chi connectivity index (χ4v) is 5.38. The first-order valence-corrected chi connectivity index (χ1v) is 11.3. The first-order valence-electron chi connectivity index (χ1n) is 11.3. The standard InChI is InChI=1S/C24H26N4O3/c29-23-24(19-5-1-2-6-20(19)27-23)10-8-17(9-11-24)31-18-13-16-14-26-28(22(16)25-15-18)21-7-3-4-12-30-21/h1-2,5-6,13-15,17,21H,3-4,7-12H2,(H,27,29). The zero-order chi connectivity index (χ0) is 20.8. The summed E-state index contributed by atoms with van der Waals surface area (Å²) in [6, 6.07) is 10.1. The molecule has 1 atom stereocenters. The quantitative estimate of drug-likeness (QED) is 0.685. The van der Waals surface area contributed by atoms with E-state index >= 15 is 0 Å². The number of fused-ring (bicyclic) bond motifs is 3. The number of nitrogens with zero attached hydrogens (tertiary/aromatic N) is 3. The summed E-state index contributed by atoms with van der Waals surface area (Å²) in [5.41, 5.74) is 2.53. The van der Waals surface area contributed by atoms with Crippen molar-refractivity contribution >= 4 is 22.6 Å². The number of rotatable bonds is 3. The van der Waals surface area contributed by atoms with Gasteiger partial charge in [0.1, 0.15) is 5.75 Å². The number of pyridine rings is 1. The van der Waals surface area contributed by atoms with Gasteiger partial charge in [-0.05, 0) is 62.6 Å². The van der Waals surface area contributed by atoms with Crippen LogP contribution in [-0.4, -0.2) is 33.4 Å². The lowest BCUT2D eigenvalue weighted by Crippen LogP contribution is -2.40. The fourth-order valence-electron chi connectivity index (χ4n) is 5.38. The predicted octanol–water partition coefficient (Wildman–Crippen LogP) is 4.34. The summed E-state index contributed by atoms with van der Waals surface area (Å²) < 4.78 is 14.0. The number of ether oxygens (including phenoxy) is 2. The van der Waals surface area contributed by atoms with Gasteiger partial charge in [0.05, 0.1) is 23.9 Å². The van der Waals surface area contributed by atoms with Crippen molar-refractivity contribution in [1.82, 2.24) is 14.8 Å². The van der Waals surface area contributed by atoms with E-state index in [1.54, 1.807) is 6.20 Å². The van der Waals surface area contributed by atoms with Crippen molar-refractivity contribution in [3.05, 3.63) is 48.3 Å². The highest BCUT2D eigenvalue weighted by atomic mass is 16.5. The molecule has 2 aliphatic heterocycles. The number of nitrogens with one attached hydrogen (secondary N) is 1. The van der Waals surface area contributed by atoms with Gasteiger partial charge in [0.25, 0.3) is 0 Å². The predicted molar refractivity (Wildman–Crippen MR) is 116 cm³/mol. The molecule has 1 saturated heterocycles. The van der Waals surface area contributed by atoms with Crippen LogP contribution in [0.25, 0.3) is 11.0 Å². The first-order chi connectivity index (χ1) is 15.2. The van der Waals surface area contributed by atoms with E-state index in [1.165, 1.54) is 0 Å². The molecule has 1 aromatic carbocycles.